The lowest BCUT2D eigenvalue weighted by atomic mass is 10.1. The first kappa shape index (κ1) is 12.2. The molecule has 19 heavy (non-hydrogen) atoms. The minimum absolute atomic E-state index is 0.280. The van der Waals surface area contributed by atoms with E-state index in [0.29, 0.717) is 6.04 Å². The molecule has 1 saturated heterocycles. The van der Waals surface area contributed by atoms with Gasteiger partial charge in [-0.05, 0) is 43.0 Å². The zero-order valence-corrected chi connectivity index (χ0v) is 10.9. The first-order chi connectivity index (χ1) is 9.33. The number of aromatic hydroxyl groups is 1. The fourth-order valence-electron chi connectivity index (χ4n) is 2.61. The van der Waals surface area contributed by atoms with Crippen molar-refractivity contribution in [1.82, 2.24) is 10.3 Å². The predicted molar refractivity (Wildman–Crippen MR) is 77.5 cm³/mol. The van der Waals surface area contributed by atoms with Crippen LogP contribution in [-0.4, -0.2) is 29.2 Å². The average Bonchev–Trinajstić information content (AvgIpc) is 2.68. The number of fused-ring (bicyclic) bond motifs is 1. The van der Waals surface area contributed by atoms with Crippen molar-refractivity contribution in [1.29, 1.82) is 0 Å². The monoisotopic (exact) mass is 257 g/mol. The fraction of sp³-hybridized carbons (Fsp3) is 0.400. The topological polar surface area (TPSA) is 57.2 Å². The van der Waals surface area contributed by atoms with Gasteiger partial charge in [0.15, 0.2) is 0 Å². The third kappa shape index (κ3) is 2.79. The summed E-state index contributed by atoms with van der Waals surface area (Å²) in [5, 5.41) is 18.7. The van der Waals surface area contributed by atoms with E-state index < -0.39 is 0 Å². The number of phenols is 1. The maximum Gasteiger partial charge on any atom is 0.134 e. The van der Waals surface area contributed by atoms with Gasteiger partial charge in [-0.25, -0.2) is 4.98 Å². The van der Waals surface area contributed by atoms with Crippen molar-refractivity contribution < 1.29 is 5.11 Å². The minimum Gasteiger partial charge on any atom is -0.508 e. The molecule has 0 saturated carbocycles. The highest BCUT2D eigenvalue weighted by Gasteiger charge is 2.13. The van der Waals surface area contributed by atoms with E-state index in [1.54, 1.807) is 12.1 Å². The van der Waals surface area contributed by atoms with Crippen LogP contribution in [0.3, 0.4) is 0 Å². The molecule has 3 N–H and O–H groups in total. The summed E-state index contributed by atoms with van der Waals surface area (Å²) in [4.78, 5) is 4.42. The predicted octanol–water partition coefficient (Wildman–Crippen LogP) is 2.49. The number of pyridine rings is 1. The van der Waals surface area contributed by atoms with Crippen molar-refractivity contribution in [2.24, 2.45) is 0 Å². The Balaban J connectivity index is 1.89. The van der Waals surface area contributed by atoms with Crippen LogP contribution in [0, 0.1) is 0 Å². The van der Waals surface area contributed by atoms with Crippen molar-refractivity contribution in [2.45, 2.75) is 25.3 Å². The van der Waals surface area contributed by atoms with E-state index in [1.165, 1.54) is 12.8 Å². The number of hydrogen-bond acceptors (Lipinski definition) is 4. The number of phenolic OH excluding ortho intramolecular Hbond substituents is 1. The molecule has 1 atom stereocenters. The van der Waals surface area contributed by atoms with Crippen LogP contribution in [0.5, 0.6) is 5.75 Å². The number of aromatic nitrogens is 1. The second kappa shape index (κ2) is 5.45. The minimum atomic E-state index is 0.280. The van der Waals surface area contributed by atoms with Crippen LogP contribution >= 0.6 is 0 Å². The summed E-state index contributed by atoms with van der Waals surface area (Å²) in [6.45, 7) is 2.07. The first-order valence-corrected chi connectivity index (χ1v) is 6.88. The van der Waals surface area contributed by atoms with Crippen LogP contribution in [-0.2, 0) is 0 Å². The van der Waals surface area contributed by atoms with Crippen molar-refractivity contribution in [3.63, 3.8) is 0 Å². The number of hydrogen-bond donors (Lipinski definition) is 3. The summed E-state index contributed by atoms with van der Waals surface area (Å²) >= 11 is 0. The largest absolute Gasteiger partial charge is 0.508 e. The van der Waals surface area contributed by atoms with Gasteiger partial charge in [-0.2, -0.15) is 0 Å². The van der Waals surface area contributed by atoms with E-state index in [9.17, 15) is 5.11 Å². The molecule has 1 unspecified atom stereocenters. The van der Waals surface area contributed by atoms with Crippen molar-refractivity contribution in [3.8, 4) is 5.75 Å². The lowest BCUT2D eigenvalue weighted by molar-refractivity contribution is 0.476. The highest BCUT2D eigenvalue weighted by Crippen LogP contribution is 2.26. The molecule has 2 aromatic rings. The summed E-state index contributed by atoms with van der Waals surface area (Å²) in [5.41, 5.74) is 0. The van der Waals surface area contributed by atoms with Gasteiger partial charge >= 0.3 is 0 Å². The van der Waals surface area contributed by atoms with E-state index >= 15 is 0 Å². The van der Waals surface area contributed by atoms with E-state index in [-0.39, 0.29) is 5.75 Å². The zero-order chi connectivity index (χ0) is 13.1. The molecular formula is C15H19N3O. The summed E-state index contributed by atoms with van der Waals surface area (Å²) in [6.07, 6.45) is 5.44. The molecule has 100 valence electrons. The second-order valence-electron chi connectivity index (χ2n) is 5.11. The summed E-state index contributed by atoms with van der Waals surface area (Å²) in [6, 6.07) is 7.77. The summed E-state index contributed by atoms with van der Waals surface area (Å²) < 4.78 is 0. The van der Waals surface area contributed by atoms with E-state index in [4.69, 9.17) is 0 Å². The SMILES string of the molecule is Oc1ccc2ccnc(NC3CCCCNC3)c2c1. The van der Waals surface area contributed by atoms with Gasteiger partial charge in [0.25, 0.3) is 0 Å². The van der Waals surface area contributed by atoms with Gasteiger partial charge < -0.3 is 15.7 Å². The average molecular weight is 257 g/mol. The number of rotatable bonds is 2. The molecular weight excluding hydrogens is 238 g/mol. The van der Waals surface area contributed by atoms with Crippen molar-refractivity contribution >= 4 is 16.6 Å². The fourth-order valence-corrected chi connectivity index (χ4v) is 2.61. The number of nitrogens with one attached hydrogen (secondary N) is 2. The molecule has 1 aliphatic heterocycles. The quantitative estimate of drug-likeness (QED) is 0.773. The number of nitrogens with zero attached hydrogens (tertiary/aromatic N) is 1. The zero-order valence-electron chi connectivity index (χ0n) is 10.9. The van der Waals surface area contributed by atoms with Gasteiger partial charge in [0.2, 0.25) is 0 Å². The van der Waals surface area contributed by atoms with Gasteiger partial charge in [0.05, 0.1) is 0 Å². The van der Waals surface area contributed by atoms with Gasteiger partial charge in [-0.3, -0.25) is 0 Å². The van der Waals surface area contributed by atoms with Crippen molar-refractivity contribution in [3.05, 3.63) is 30.5 Å². The van der Waals surface area contributed by atoms with Crippen LogP contribution in [0.15, 0.2) is 30.5 Å². The Morgan fingerprint density at radius 1 is 1.26 bits per heavy atom. The molecule has 1 aromatic carbocycles. The Kier molecular flexibility index (Phi) is 3.51. The lowest BCUT2D eigenvalue weighted by Gasteiger charge is -2.18. The maximum atomic E-state index is 9.64. The molecule has 4 heteroatoms. The van der Waals surface area contributed by atoms with Gasteiger partial charge in [-0.1, -0.05) is 12.5 Å². The van der Waals surface area contributed by atoms with E-state index in [1.807, 2.05) is 18.3 Å². The molecule has 0 radical (unpaired) electrons. The van der Waals surface area contributed by atoms with E-state index in [0.717, 1.165) is 36.1 Å². The Morgan fingerprint density at radius 2 is 2.21 bits per heavy atom. The third-order valence-electron chi connectivity index (χ3n) is 3.64. The van der Waals surface area contributed by atoms with E-state index in [2.05, 4.69) is 15.6 Å². The molecule has 0 bridgehead atoms. The Labute approximate surface area is 112 Å². The molecule has 0 aliphatic carbocycles. The molecule has 3 rings (SSSR count). The highest BCUT2D eigenvalue weighted by atomic mass is 16.3. The van der Waals surface area contributed by atoms with Gasteiger partial charge in [0, 0.05) is 24.2 Å². The Morgan fingerprint density at radius 3 is 3.16 bits per heavy atom. The Hall–Kier alpha value is -1.81. The molecule has 1 aliphatic rings. The molecule has 2 heterocycles. The maximum absolute atomic E-state index is 9.64. The molecule has 0 spiro atoms. The number of benzene rings is 1. The second-order valence-corrected chi connectivity index (χ2v) is 5.11. The molecule has 0 amide bonds. The molecule has 1 aromatic heterocycles. The van der Waals surface area contributed by atoms with Gasteiger partial charge in [-0.15, -0.1) is 0 Å². The lowest BCUT2D eigenvalue weighted by Crippen LogP contribution is -2.31. The smallest absolute Gasteiger partial charge is 0.134 e. The highest BCUT2D eigenvalue weighted by molar-refractivity contribution is 5.92. The van der Waals surface area contributed by atoms with Crippen LogP contribution < -0.4 is 10.6 Å². The first-order valence-electron chi connectivity index (χ1n) is 6.88. The Bertz CT molecular complexity index is 562. The van der Waals surface area contributed by atoms with Gasteiger partial charge in [0.1, 0.15) is 11.6 Å². The van der Waals surface area contributed by atoms with Crippen LogP contribution in [0.2, 0.25) is 0 Å². The molecule has 4 nitrogen and oxygen atoms in total. The third-order valence-corrected chi connectivity index (χ3v) is 3.64. The summed E-state index contributed by atoms with van der Waals surface area (Å²) in [7, 11) is 0. The summed E-state index contributed by atoms with van der Waals surface area (Å²) in [5.74, 6) is 1.14. The normalized spacial score (nSPS) is 20.1. The van der Waals surface area contributed by atoms with Crippen LogP contribution in [0.4, 0.5) is 5.82 Å². The van der Waals surface area contributed by atoms with Crippen molar-refractivity contribution in [2.75, 3.05) is 18.4 Å². The molecule has 1 fully saturated rings. The standard InChI is InChI=1S/C15H19N3O/c19-13-5-4-11-6-8-17-15(14(11)9-13)18-12-3-1-2-7-16-10-12/h4-6,8-9,12,16,19H,1-3,7,10H2,(H,17,18). The van der Waals surface area contributed by atoms with Crippen LogP contribution in [0.1, 0.15) is 19.3 Å². The van der Waals surface area contributed by atoms with Crippen LogP contribution in [0.25, 0.3) is 10.8 Å². The number of anilines is 1.